The Hall–Kier alpha value is -2.24. The molecule has 0 aliphatic heterocycles. The SMILES string of the molecule is COc1cc(F)cc(OC)c1-c1cc(N)no1. The summed E-state index contributed by atoms with van der Waals surface area (Å²) in [6, 6.07) is 3.98. The summed E-state index contributed by atoms with van der Waals surface area (Å²) in [5.74, 6) is 0.704. The van der Waals surface area contributed by atoms with Crippen LogP contribution in [0.4, 0.5) is 10.2 Å². The van der Waals surface area contributed by atoms with Gasteiger partial charge in [-0.15, -0.1) is 0 Å². The van der Waals surface area contributed by atoms with Crippen LogP contribution in [0.15, 0.2) is 22.7 Å². The number of methoxy groups -OCH3 is 2. The maximum atomic E-state index is 13.3. The Morgan fingerprint density at radius 3 is 2.18 bits per heavy atom. The monoisotopic (exact) mass is 238 g/mol. The number of hydrogen-bond acceptors (Lipinski definition) is 5. The van der Waals surface area contributed by atoms with Gasteiger partial charge in [-0.1, -0.05) is 5.16 Å². The molecule has 0 spiro atoms. The average Bonchev–Trinajstić information content (AvgIpc) is 2.74. The molecule has 17 heavy (non-hydrogen) atoms. The van der Waals surface area contributed by atoms with E-state index in [1.165, 1.54) is 32.4 Å². The molecule has 0 amide bonds. The van der Waals surface area contributed by atoms with Crippen molar-refractivity contribution < 1.29 is 18.4 Å². The predicted molar refractivity (Wildman–Crippen MR) is 59.4 cm³/mol. The molecule has 2 rings (SSSR count). The maximum Gasteiger partial charge on any atom is 0.176 e. The fourth-order valence-corrected chi connectivity index (χ4v) is 1.53. The zero-order valence-corrected chi connectivity index (χ0v) is 9.36. The molecule has 2 aromatic rings. The van der Waals surface area contributed by atoms with Crippen LogP contribution in [-0.2, 0) is 0 Å². The molecule has 1 heterocycles. The van der Waals surface area contributed by atoms with Crippen molar-refractivity contribution in [3.05, 3.63) is 24.0 Å². The summed E-state index contributed by atoms with van der Waals surface area (Å²) in [5, 5.41) is 3.56. The van der Waals surface area contributed by atoms with Gasteiger partial charge in [-0.25, -0.2) is 4.39 Å². The van der Waals surface area contributed by atoms with E-state index in [9.17, 15) is 4.39 Å². The topological polar surface area (TPSA) is 70.5 Å². The number of rotatable bonds is 3. The third kappa shape index (κ3) is 2.01. The molecule has 0 aliphatic rings. The standard InChI is InChI=1S/C11H11FN2O3/c1-15-7-3-6(12)4-8(16-2)11(7)9-5-10(13)14-17-9/h3-5H,1-2H3,(H2,13,14). The Morgan fingerprint density at radius 1 is 1.18 bits per heavy atom. The van der Waals surface area contributed by atoms with Crippen molar-refractivity contribution in [1.29, 1.82) is 0 Å². The second-order valence-electron chi connectivity index (χ2n) is 3.30. The van der Waals surface area contributed by atoms with Crippen LogP contribution in [0.3, 0.4) is 0 Å². The Bertz CT molecular complexity index is 514. The van der Waals surface area contributed by atoms with Crippen LogP contribution in [0.2, 0.25) is 0 Å². The van der Waals surface area contributed by atoms with Gasteiger partial charge in [0.2, 0.25) is 0 Å². The van der Waals surface area contributed by atoms with E-state index in [1.807, 2.05) is 0 Å². The van der Waals surface area contributed by atoms with Gasteiger partial charge in [-0.3, -0.25) is 0 Å². The molecule has 0 radical (unpaired) electrons. The average molecular weight is 238 g/mol. The number of halogens is 1. The number of benzene rings is 1. The second-order valence-corrected chi connectivity index (χ2v) is 3.30. The van der Waals surface area contributed by atoms with E-state index in [1.54, 1.807) is 0 Å². The number of nitrogen functional groups attached to an aromatic ring is 1. The van der Waals surface area contributed by atoms with Crippen LogP contribution >= 0.6 is 0 Å². The minimum absolute atomic E-state index is 0.230. The minimum atomic E-state index is -0.463. The van der Waals surface area contributed by atoms with Gasteiger partial charge >= 0.3 is 0 Å². The number of nitrogens with zero attached hydrogens (tertiary/aromatic N) is 1. The summed E-state index contributed by atoms with van der Waals surface area (Å²) >= 11 is 0. The Kier molecular flexibility index (Phi) is 2.86. The second kappa shape index (κ2) is 4.32. The van der Waals surface area contributed by atoms with Gasteiger partial charge in [0, 0.05) is 18.2 Å². The van der Waals surface area contributed by atoms with Crippen molar-refractivity contribution >= 4 is 5.82 Å². The largest absolute Gasteiger partial charge is 0.496 e. The van der Waals surface area contributed by atoms with Gasteiger partial charge in [-0.2, -0.15) is 0 Å². The van der Waals surface area contributed by atoms with E-state index in [4.69, 9.17) is 19.7 Å². The van der Waals surface area contributed by atoms with Crippen molar-refractivity contribution in [2.75, 3.05) is 20.0 Å². The fraction of sp³-hybridized carbons (Fsp3) is 0.182. The molecule has 0 atom stereocenters. The van der Waals surface area contributed by atoms with Crippen LogP contribution in [0.1, 0.15) is 0 Å². The molecule has 0 saturated heterocycles. The molecule has 0 fully saturated rings. The molecule has 0 bridgehead atoms. The van der Waals surface area contributed by atoms with Crippen LogP contribution in [0.5, 0.6) is 11.5 Å². The van der Waals surface area contributed by atoms with Gasteiger partial charge in [0.1, 0.15) is 22.9 Å². The van der Waals surface area contributed by atoms with Crippen molar-refractivity contribution in [1.82, 2.24) is 5.16 Å². The highest BCUT2D eigenvalue weighted by atomic mass is 19.1. The first-order chi connectivity index (χ1) is 8.15. The number of hydrogen-bond donors (Lipinski definition) is 1. The van der Waals surface area contributed by atoms with E-state index >= 15 is 0 Å². The highest BCUT2D eigenvalue weighted by molar-refractivity contribution is 5.74. The van der Waals surface area contributed by atoms with E-state index in [0.717, 1.165) is 0 Å². The summed E-state index contributed by atoms with van der Waals surface area (Å²) in [6.45, 7) is 0. The van der Waals surface area contributed by atoms with Gasteiger partial charge in [-0.05, 0) is 0 Å². The lowest BCUT2D eigenvalue weighted by Gasteiger charge is -2.10. The number of ether oxygens (including phenoxy) is 2. The highest BCUT2D eigenvalue weighted by Crippen LogP contribution is 2.39. The smallest absolute Gasteiger partial charge is 0.176 e. The van der Waals surface area contributed by atoms with Crippen molar-refractivity contribution in [2.24, 2.45) is 0 Å². The molecule has 90 valence electrons. The highest BCUT2D eigenvalue weighted by Gasteiger charge is 2.18. The van der Waals surface area contributed by atoms with Gasteiger partial charge in [0.25, 0.3) is 0 Å². The molecule has 0 unspecified atom stereocenters. The van der Waals surface area contributed by atoms with Gasteiger partial charge < -0.3 is 19.7 Å². The lowest BCUT2D eigenvalue weighted by atomic mass is 10.1. The third-order valence-corrected chi connectivity index (χ3v) is 2.25. The van der Waals surface area contributed by atoms with Crippen molar-refractivity contribution in [3.8, 4) is 22.8 Å². The molecule has 6 heteroatoms. The summed E-state index contributed by atoms with van der Waals surface area (Å²) in [7, 11) is 2.86. The first-order valence-electron chi connectivity index (χ1n) is 4.79. The summed E-state index contributed by atoms with van der Waals surface area (Å²) in [5.41, 5.74) is 5.94. The molecule has 2 N–H and O–H groups in total. The fourth-order valence-electron chi connectivity index (χ4n) is 1.53. The molecular formula is C11H11FN2O3. The van der Waals surface area contributed by atoms with Gasteiger partial charge in [0.05, 0.1) is 14.2 Å². The quantitative estimate of drug-likeness (QED) is 0.886. The van der Waals surface area contributed by atoms with Crippen molar-refractivity contribution in [2.45, 2.75) is 0 Å². The zero-order chi connectivity index (χ0) is 12.4. The molecule has 0 saturated carbocycles. The first-order valence-corrected chi connectivity index (χ1v) is 4.79. The van der Waals surface area contributed by atoms with E-state index in [-0.39, 0.29) is 17.3 Å². The molecule has 1 aromatic heterocycles. The molecule has 1 aromatic carbocycles. The Morgan fingerprint density at radius 2 is 1.76 bits per heavy atom. The number of aromatic nitrogens is 1. The third-order valence-electron chi connectivity index (χ3n) is 2.25. The first kappa shape index (κ1) is 11.3. The summed E-state index contributed by atoms with van der Waals surface area (Å²) in [6.07, 6.45) is 0. The van der Waals surface area contributed by atoms with E-state index in [0.29, 0.717) is 11.3 Å². The number of nitrogens with two attached hydrogens (primary N) is 1. The Labute approximate surface area is 96.9 Å². The summed E-state index contributed by atoms with van der Waals surface area (Å²) in [4.78, 5) is 0. The van der Waals surface area contributed by atoms with E-state index < -0.39 is 5.82 Å². The zero-order valence-electron chi connectivity index (χ0n) is 9.36. The lowest BCUT2D eigenvalue weighted by molar-refractivity contribution is 0.382. The van der Waals surface area contributed by atoms with Crippen LogP contribution in [0.25, 0.3) is 11.3 Å². The van der Waals surface area contributed by atoms with Crippen LogP contribution in [-0.4, -0.2) is 19.4 Å². The maximum absolute atomic E-state index is 13.3. The Balaban J connectivity index is 2.65. The minimum Gasteiger partial charge on any atom is -0.496 e. The van der Waals surface area contributed by atoms with Gasteiger partial charge in [0.15, 0.2) is 11.6 Å². The van der Waals surface area contributed by atoms with E-state index in [2.05, 4.69) is 5.16 Å². The molecular weight excluding hydrogens is 227 g/mol. The lowest BCUT2D eigenvalue weighted by Crippen LogP contribution is -1.94. The normalized spacial score (nSPS) is 10.3. The number of anilines is 1. The van der Waals surface area contributed by atoms with Crippen molar-refractivity contribution in [3.63, 3.8) is 0 Å². The molecule has 0 aliphatic carbocycles. The summed E-state index contributed by atoms with van der Waals surface area (Å²) < 4.78 is 28.5. The van der Waals surface area contributed by atoms with Crippen LogP contribution in [0, 0.1) is 5.82 Å². The molecule has 5 nitrogen and oxygen atoms in total. The predicted octanol–water partition coefficient (Wildman–Crippen LogP) is 2.08. The van der Waals surface area contributed by atoms with Crippen LogP contribution < -0.4 is 15.2 Å².